The van der Waals surface area contributed by atoms with Crippen LogP contribution >= 0.6 is 23.2 Å². The number of hydrogen-bond donors (Lipinski definition) is 1. The summed E-state index contributed by atoms with van der Waals surface area (Å²) < 4.78 is 0. The molecule has 1 aromatic rings. The van der Waals surface area contributed by atoms with Gasteiger partial charge in [-0.15, -0.1) is 0 Å². The highest BCUT2D eigenvalue weighted by Crippen LogP contribution is 2.22. The monoisotopic (exact) mass is 203 g/mol. The Kier molecular flexibility index (Phi) is 3.39. The average Bonchev–Trinajstić information content (AvgIpc) is 2.01. The minimum Gasteiger partial charge on any atom is -0.313 e. The van der Waals surface area contributed by atoms with Crippen molar-refractivity contribution in [1.82, 2.24) is 5.32 Å². The van der Waals surface area contributed by atoms with E-state index in [0.29, 0.717) is 10.0 Å². The molecule has 0 aliphatic rings. The highest BCUT2D eigenvalue weighted by molar-refractivity contribution is 6.34. The number of benzene rings is 1. The third-order valence-corrected chi connectivity index (χ3v) is 2.25. The summed E-state index contributed by atoms with van der Waals surface area (Å²) in [6.07, 6.45) is 0. The predicted octanol–water partition coefficient (Wildman–Crippen LogP) is 3.27. The van der Waals surface area contributed by atoms with Gasteiger partial charge in [-0.3, -0.25) is 0 Å². The van der Waals surface area contributed by atoms with E-state index in [4.69, 9.17) is 23.2 Å². The number of halogens is 2. The molecule has 0 aliphatic carbocycles. The van der Waals surface area contributed by atoms with Gasteiger partial charge in [-0.2, -0.15) is 0 Å². The van der Waals surface area contributed by atoms with E-state index >= 15 is 0 Å². The minimum absolute atomic E-state index is 0.279. The second kappa shape index (κ2) is 4.13. The van der Waals surface area contributed by atoms with Crippen molar-refractivity contribution >= 4 is 23.2 Å². The molecule has 0 aromatic heterocycles. The molecule has 12 heavy (non-hydrogen) atoms. The molecule has 1 nitrogen and oxygen atoms in total. The van der Waals surface area contributed by atoms with Crippen LogP contribution in [0, 0.1) is 0 Å². The van der Waals surface area contributed by atoms with Gasteiger partial charge in [0, 0.05) is 16.1 Å². The molecular weight excluding hydrogens is 193 g/mol. The van der Waals surface area contributed by atoms with Crippen LogP contribution in [0.1, 0.15) is 18.5 Å². The molecule has 3 heteroatoms. The van der Waals surface area contributed by atoms with Crippen LogP contribution in [0.4, 0.5) is 0 Å². The third-order valence-electron chi connectivity index (χ3n) is 1.82. The minimum atomic E-state index is 0.279. The topological polar surface area (TPSA) is 12.0 Å². The summed E-state index contributed by atoms with van der Waals surface area (Å²) in [6.45, 7) is 2.06. The summed E-state index contributed by atoms with van der Waals surface area (Å²) in [5, 5.41) is 4.48. The first kappa shape index (κ1) is 9.85. The molecule has 0 radical (unpaired) electrons. The Labute approximate surface area is 82.7 Å². The Morgan fingerprint density at radius 3 is 2.08 bits per heavy atom. The molecule has 0 saturated carbocycles. The fourth-order valence-electron chi connectivity index (χ4n) is 0.992. The molecular formula is C9H11Cl2N. The van der Waals surface area contributed by atoms with E-state index in [1.54, 1.807) is 6.07 Å². The zero-order chi connectivity index (χ0) is 9.14. The van der Waals surface area contributed by atoms with Gasteiger partial charge in [-0.25, -0.2) is 0 Å². The van der Waals surface area contributed by atoms with Crippen molar-refractivity contribution in [2.24, 2.45) is 0 Å². The van der Waals surface area contributed by atoms with E-state index in [1.807, 2.05) is 19.2 Å². The first-order valence-corrected chi connectivity index (χ1v) is 4.52. The second-order valence-corrected chi connectivity index (χ2v) is 3.59. The number of rotatable bonds is 2. The lowest BCUT2D eigenvalue weighted by Crippen LogP contribution is -2.12. The van der Waals surface area contributed by atoms with Crippen LogP contribution in [0.2, 0.25) is 10.0 Å². The van der Waals surface area contributed by atoms with Crippen molar-refractivity contribution in [2.45, 2.75) is 13.0 Å². The van der Waals surface area contributed by atoms with E-state index in [0.717, 1.165) is 5.56 Å². The van der Waals surface area contributed by atoms with E-state index in [1.165, 1.54) is 0 Å². The molecule has 66 valence electrons. The van der Waals surface area contributed by atoms with Crippen molar-refractivity contribution in [2.75, 3.05) is 7.05 Å². The zero-order valence-electron chi connectivity index (χ0n) is 7.07. The molecule has 0 bridgehead atoms. The molecule has 1 N–H and O–H groups in total. The molecule has 1 aromatic carbocycles. The lowest BCUT2D eigenvalue weighted by Gasteiger charge is -2.10. The first-order valence-electron chi connectivity index (χ1n) is 3.76. The molecule has 0 spiro atoms. The van der Waals surface area contributed by atoms with Gasteiger partial charge in [-0.05, 0) is 37.7 Å². The van der Waals surface area contributed by atoms with Crippen LogP contribution < -0.4 is 5.32 Å². The summed E-state index contributed by atoms with van der Waals surface area (Å²) >= 11 is 11.7. The van der Waals surface area contributed by atoms with Gasteiger partial charge in [0.2, 0.25) is 0 Å². The molecule has 1 rings (SSSR count). The highest BCUT2D eigenvalue weighted by Gasteiger charge is 2.03. The van der Waals surface area contributed by atoms with Crippen LogP contribution in [-0.2, 0) is 0 Å². The quantitative estimate of drug-likeness (QED) is 0.779. The molecule has 0 unspecified atom stereocenters. The maximum absolute atomic E-state index is 5.84. The molecule has 1 atom stereocenters. The van der Waals surface area contributed by atoms with Gasteiger partial charge in [-0.1, -0.05) is 23.2 Å². The Bertz CT molecular complexity index is 253. The maximum Gasteiger partial charge on any atom is 0.0424 e. The Hall–Kier alpha value is -0.240. The third kappa shape index (κ3) is 2.37. The lowest BCUT2D eigenvalue weighted by atomic mass is 10.1. The normalized spacial score (nSPS) is 13.0. The maximum atomic E-state index is 5.84. The van der Waals surface area contributed by atoms with Crippen LogP contribution in [0.3, 0.4) is 0 Å². The molecule has 0 fully saturated rings. The Balaban J connectivity index is 3.00. The highest BCUT2D eigenvalue weighted by atomic mass is 35.5. The SMILES string of the molecule is CN[C@@H](C)c1cc(Cl)cc(Cl)c1. The van der Waals surface area contributed by atoms with Crippen LogP contribution in [0.25, 0.3) is 0 Å². The summed E-state index contributed by atoms with van der Waals surface area (Å²) in [5.41, 5.74) is 1.11. The van der Waals surface area contributed by atoms with Crippen molar-refractivity contribution in [3.8, 4) is 0 Å². The largest absolute Gasteiger partial charge is 0.313 e. The second-order valence-electron chi connectivity index (χ2n) is 2.71. The number of nitrogens with one attached hydrogen (secondary N) is 1. The van der Waals surface area contributed by atoms with Gasteiger partial charge in [0.05, 0.1) is 0 Å². The Morgan fingerprint density at radius 1 is 1.17 bits per heavy atom. The van der Waals surface area contributed by atoms with Crippen molar-refractivity contribution < 1.29 is 0 Å². The van der Waals surface area contributed by atoms with Gasteiger partial charge in [0.1, 0.15) is 0 Å². The van der Waals surface area contributed by atoms with E-state index in [9.17, 15) is 0 Å². The van der Waals surface area contributed by atoms with E-state index < -0.39 is 0 Å². The fourth-order valence-corrected chi connectivity index (χ4v) is 1.53. The molecule has 0 heterocycles. The standard InChI is InChI=1S/C9H11Cl2N/c1-6(12-2)7-3-8(10)5-9(11)4-7/h3-6,12H,1-2H3/t6-/m0/s1. The van der Waals surface area contributed by atoms with Gasteiger partial charge in [0.15, 0.2) is 0 Å². The average molecular weight is 204 g/mol. The number of hydrogen-bond acceptors (Lipinski definition) is 1. The van der Waals surface area contributed by atoms with Gasteiger partial charge in [0.25, 0.3) is 0 Å². The van der Waals surface area contributed by atoms with Crippen molar-refractivity contribution in [3.63, 3.8) is 0 Å². The molecule has 0 aliphatic heterocycles. The Morgan fingerprint density at radius 2 is 1.67 bits per heavy atom. The van der Waals surface area contributed by atoms with Crippen LogP contribution in [0.15, 0.2) is 18.2 Å². The summed E-state index contributed by atoms with van der Waals surface area (Å²) in [7, 11) is 1.90. The fraction of sp³-hybridized carbons (Fsp3) is 0.333. The van der Waals surface area contributed by atoms with E-state index in [2.05, 4.69) is 12.2 Å². The predicted molar refractivity (Wildman–Crippen MR) is 53.9 cm³/mol. The molecule has 0 amide bonds. The smallest absolute Gasteiger partial charge is 0.0424 e. The van der Waals surface area contributed by atoms with Crippen LogP contribution in [-0.4, -0.2) is 7.05 Å². The van der Waals surface area contributed by atoms with Crippen molar-refractivity contribution in [1.29, 1.82) is 0 Å². The first-order chi connectivity index (χ1) is 5.63. The lowest BCUT2D eigenvalue weighted by molar-refractivity contribution is 0.652. The zero-order valence-corrected chi connectivity index (χ0v) is 8.58. The van der Waals surface area contributed by atoms with E-state index in [-0.39, 0.29) is 6.04 Å². The van der Waals surface area contributed by atoms with Gasteiger partial charge >= 0.3 is 0 Å². The summed E-state index contributed by atoms with van der Waals surface area (Å²) in [4.78, 5) is 0. The van der Waals surface area contributed by atoms with Crippen LogP contribution in [0.5, 0.6) is 0 Å². The molecule has 0 saturated heterocycles. The van der Waals surface area contributed by atoms with Gasteiger partial charge < -0.3 is 5.32 Å². The summed E-state index contributed by atoms with van der Waals surface area (Å²) in [6, 6.07) is 5.83. The summed E-state index contributed by atoms with van der Waals surface area (Å²) in [5.74, 6) is 0. The van der Waals surface area contributed by atoms with Crippen molar-refractivity contribution in [3.05, 3.63) is 33.8 Å².